The molecule has 1 aliphatic heterocycles. The predicted molar refractivity (Wildman–Crippen MR) is 146 cm³/mol. The van der Waals surface area contributed by atoms with Gasteiger partial charge in [-0.15, -0.1) is 0 Å². The van der Waals surface area contributed by atoms with Crippen LogP contribution in [0.1, 0.15) is 40.9 Å². The van der Waals surface area contributed by atoms with Gasteiger partial charge in [0.05, 0.1) is 31.2 Å². The third-order valence-electron chi connectivity index (χ3n) is 6.81. The third-order valence-corrected chi connectivity index (χ3v) is 6.81. The van der Waals surface area contributed by atoms with Crippen molar-refractivity contribution in [3.05, 3.63) is 94.9 Å². The Hall–Kier alpha value is -4.22. The van der Waals surface area contributed by atoms with Gasteiger partial charge < -0.3 is 19.6 Å². The number of halogens is 1. The Morgan fingerprint density at radius 2 is 1.92 bits per heavy atom. The van der Waals surface area contributed by atoms with Gasteiger partial charge in [-0.1, -0.05) is 61.2 Å². The molecule has 0 saturated heterocycles. The summed E-state index contributed by atoms with van der Waals surface area (Å²) in [6, 6.07) is 16.8. The Morgan fingerprint density at radius 1 is 1.21 bits per heavy atom. The predicted octanol–water partition coefficient (Wildman–Crippen LogP) is 3.54. The summed E-state index contributed by atoms with van der Waals surface area (Å²) < 4.78 is 20.3. The average Bonchev–Trinajstić information content (AvgIpc) is 2.94. The van der Waals surface area contributed by atoms with Crippen LogP contribution in [0, 0.1) is 23.6 Å². The quantitative estimate of drug-likeness (QED) is 0.494. The summed E-state index contributed by atoms with van der Waals surface area (Å²) >= 11 is 0. The molecule has 0 aliphatic carbocycles. The van der Waals surface area contributed by atoms with E-state index >= 15 is 0 Å². The Kier molecular flexibility index (Phi) is 8.95. The number of aliphatic hydroxyl groups excluding tert-OH is 1. The molecular weight excluding hydrogens is 497 g/mol. The highest BCUT2D eigenvalue weighted by Crippen LogP contribution is 2.27. The SMILES string of the molecule is C[C@H](CO)N1C[C@H](C)[C@@H](CN(C)C(=O)Cc2ccccc2)Oc2ncc(C#Cc3ccccc3F)cc2C1=O. The molecule has 4 rings (SSSR count). The number of carbonyl (C=O) groups is 2. The molecule has 0 saturated carbocycles. The first-order valence-corrected chi connectivity index (χ1v) is 12.9. The molecule has 0 unspecified atom stereocenters. The van der Waals surface area contributed by atoms with E-state index in [1.807, 2.05) is 37.3 Å². The van der Waals surface area contributed by atoms with E-state index in [0.29, 0.717) is 18.7 Å². The fourth-order valence-electron chi connectivity index (χ4n) is 4.37. The molecule has 0 bridgehead atoms. The summed E-state index contributed by atoms with van der Waals surface area (Å²) in [4.78, 5) is 34.1. The van der Waals surface area contributed by atoms with Gasteiger partial charge in [-0.25, -0.2) is 9.37 Å². The fourth-order valence-corrected chi connectivity index (χ4v) is 4.37. The van der Waals surface area contributed by atoms with Crippen molar-refractivity contribution in [2.75, 3.05) is 26.7 Å². The molecule has 1 aliphatic rings. The van der Waals surface area contributed by atoms with Crippen LogP contribution < -0.4 is 4.74 Å². The number of hydrogen-bond acceptors (Lipinski definition) is 5. The van der Waals surface area contributed by atoms with E-state index in [1.54, 1.807) is 48.0 Å². The number of pyridine rings is 1. The number of hydrogen-bond donors (Lipinski definition) is 1. The van der Waals surface area contributed by atoms with Crippen LogP contribution in [0.3, 0.4) is 0 Å². The standard InChI is InChI=1S/C31H32FN3O4/c1-21-18-35(22(2)20-36)31(38)26-15-24(13-14-25-11-7-8-12-27(25)32)17-33-30(26)39-28(21)19-34(3)29(37)16-23-9-5-4-6-10-23/h4-12,15,17,21-22,28,36H,16,18-20H2,1-3H3/t21-,22+,28+/m0/s1. The van der Waals surface area contributed by atoms with Crippen LogP contribution in [0.25, 0.3) is 0 Å². The average molecular weight is 530 g/mol. The van der Waals surface area contributed by atoms with Gasteiger partial charge in [0.2, 0.25) is 11.8 Å². The second-order valence-corrected chi connectivity index (χ2v) is 9.87. The second-order valence-electron chi connectivity index (χ2n) is 9.87. The highest BCUT2D eigenvalue weighted by atomic mass is 19.1. The van der Waals surface area contributed by atoms with Gasteiger partial charge in [-0.05, 0) is 30.7 Å². The van der Waals surface area contributed by atoms with Crippen molar-refractivity contribution in [2.45, 2.75) is 32.4 Å². The number of likely N-dealkylation sites (N-methyl/N-ethyl adjacent to an activating group) is 1. The van der Waals surface area contributed by atoms with Crippen LogP contribution in [0.4, 0.5) is 4.39 Å². The number of nitrogens with zero attached hydrogens (tertiary/aromatic N) is 3. The van der Waals surface area contributed by atoms with E-state index in [-0.39, 0.29) is 47.8 Å². The molecule has 0 fully saturated rings. The molecule has 1 aromatic heterocycles. The summed E-state index contributed by atoms with van der Waals surface area (Å²) in [5.41, 5.74) is 1.78. The van der Waals surface area contributed by atoms with Crippen LogP contribution in [0.15, 0.2) is 66.9 Å². The zero-order valence-corrected chi connectivity index (χ0v) is 22.3. The molecule has 1 N–H and O–H groups in total. The largest absolute Gasteiger partial charge is 0.472 e. The fraction of sp³-hybridized carbons (Fsp3) is 0.323. The van der Waals surface area contributed by atoms with Crippen molar-refractivity contribution >= 4 is 11.8 Å². The highest BCUT2D eigenvalue weighted by Gasteiger charge is 2.34. The van der Waals surface area contributed by atoms with Gasteiger partial charge in [0.15, 0.2) is 0 Å². The Morgan fingerprint density at radius 3 is 2.64 bits per heavy atom. The van der Waals surface area contributed by atoms with E-state index in [0.717, 1.165) is 5.56 Å². The van der Waals surface area contributed by atoms with Crippen LogP contribution in [0.2, 0.25) is 0 Å². The van der Waals surface area contributed by atoms with Crippen molar-refractivity contribution in [2.24, 2.45) is 5.92 Å². The molecule has 8 heteroatoms. The lowest BCUT2D eigenvalue weighted by Gasteiger charge is -2.37. The van der Waals surface area contributed by atoms with E-state index in [4.69, 9.17) is 4.74 Å². The number of amides is 2. The smallest absolute Gasteiger partial charge is 0.259 e. The molecule has 7 nitrogen and oxygen atoms in total. The molecule has 3 aromatic rings. The summed E-state index contributed by atoms with van der Waals surface area (Å²) in [5.74, 6) is 4.80. The number of fused-ring (bicyclic) bond motifs is 1. The van der Waals surface area contributed by atoms with Crippen molar-refractivity contribution < 1.29 is 23.8 Å². The van der Waals surface area contributed by atoms with Gasteiger partial charge in [0.25, 0.3) is 5.91 Å². The lowest BCUT2D eigenvalue weighted by molar-refractivity contribution is -0.130. The number of aromatic nitrogens is 1. The Bertz CT molecular complexity index is 1390. The highest BCUT2D eigenvalue weighted by molar-refractivity contribution is 5.97. The summed E-state index contributed by atoms with van der Waals surface area (Å²) in [6.45, 7) is 4.11. The maximum absolute atomic E-state index is 14.0. The summed E-state index contributed by atoms with van der Waals surface area (Å²) in [5, 5.41) is 9.86. The number of ether oxygens (including phenoxy) is 1. The lowest BCUT2D eigenvalue weighted by Crippen LogP contribution is -2.50. The van der Waals surface area contributed by atoms with Gasteiger partial charge in [-0.3, -0.25) is 9.59 Å². The first-order valence-electron chi connectivity index (χ1n) is 12.9. The minimum Gasteiger partial charge on any atom is -0.472 e. The molecule has 2 heterocycles. The molecular formula is C31H32FN3O4. The lowest BCUT2D eigenvalue weighted by atomic mass is 9.99. The molecule has 2 aromatic carbocycles. The van der Waals surface area contributed by atoms with E-state index < -0.39 is 18.0 Å². The van der Waals surface area contributed by atoms with Crippen molar-refractivity contribution in [1.82, 2.24) is 14.8 Å². The van der Waals surface area contributed by atoms with Crippen molar-refractivity contribution in [3.8, 4) is 17.7 Å². The van der Waals surface area contributed by atoms with E-state index in [9.17, 15) is 19.1 Å². The van der Waals surface area contributed by atoms with Crippen LogP contribution in [-0.2, 0) is 11.2 Å². The molecule has 202 valence electrons. The number of rotatable bonds is 6. The molecule has 39 heavy (non-hydrogen) atoms. The maximum atomic E-state index is 14.0. The Labute approximate surface area is 228 Å². The van der Waals surface area contributed by atoms with E-state index in [1.165, 1.54) is 12.3 Å². The number of benzene rings is 2. The minimum absolute atomic E-state index is 0.0531. The molecule has 2 amide bonds. The third kappa shape index (κ3) is 6.81. The monoisotopic (exact) mass is 529 g/mol. The zero-order valence-electron chi connectivity index (χ0n) is 22.3. The van der Waals surface area contributed by atoms with E-state index in [2.05, 4.69) is 16.8 Å². The van der Waals surface area contributed by atoms with Crippen LogP contribution in [0.5, 0.6) is 5.88 Å². The van der Waals surface area contributed by atoms with Crippen molar-refractivity contribution in [1.29, 1.82) is 0 Å². The minimum atomic E-state index is -0.460. The van der Waals surface area contributed by atoms with Gasteiger partial charge >= 0.3 is 0 Å². The van der Waals surface area contributed by atoms with Crippen LogP contribution in [-0.4, -0.2) is 70.6 Å². The van der Waals surface area contributed by atoms with Crippen molar-refractivity contribution in [3.63, 3.8) is 0 Å². The summed E-state index contributed by atoms with van der Waals surface area (Å²) in [6.07, 6.45) is 1.29. The zero-order chi connectivity index (χ0) is 27.9. The first kappa shape index (κ1) is 27.8. The maximum Gasteiger partial charge on any atom is 0.259 e. The molecule has 0 radical (unpaired) electrons. The normalized spacial score (nSPS) is 17.6. The second kappa shape index (κ2) is 12.5. The molecule has 0 spiro atoms. The van der Waals surface area contributed by atoms with Gasteiger partial charge in [0, 0.05) is 31.3 Å². The number of aliphatic hydroxyl groups is 1. The van der Waals surface area contributed by atoms with Gasteiger partial charge in [-0.2, -0.15) is 0 Å². The molecule has 3 atom stereocenters. The number of carbonyl (C=O) groups excluding carboxylic acids is 2. The van der Waals surface area contributed by atoms with Gasteiger partial charge in [0.1, 0.15) is 17.5 Å². The van der Waals surface area contributed by atoms with Crippen LogP contribution >= 0.6 is 0 Å². The Balaban J connectivity index is 1.62. The topological polar surface area (TPSA) is 83.0 Å². The first-order chi connectivity index (χ1) is 18.8. The summed E-state index contributed by atoms with van der Waals surface area (Å²) in [7, 11) is 1.73.